The van der Waals surface area contributed by atoms with Crippen LogP contribution in [-0.2, 0) is 4.79 Å². The number of H-pyrrole nitrogens is 2. The Labute approximate surface area is 158 Å². The van der Waals surface area contributed by atoms with Crippen molar-refractivity contribution >= 4 is 34.4 Å². The van der Waals surface area contributed by atoms with E-state index >= 15 is 0 Å². The predicted molar refractivity (Wildman–Crippen MR) is 107 cm³/mol. The molecule has 0 saturated carbocycles. The van der Waals surface area contributed by atoms with Gasteiger partial charge < -0.3 is 15.3 Å². The number of rotatable bonds is 5. The zero-order valence-corrected chi connectivity index (χ0v) is 15.3. The molecule has 2 aromatic heterocycles. The molecule has 0 spiro atoms. The van der Waals surface area contributed by atoms with Crippen molar-refractivity contribution in [2.75, 3.05) is 11.1 Å². The Balaban J connectivity index is 1.43. The maximum absolute atomic E-state index is 12.3. The van der Waals surface area contributed by atoms with E-state index in [1.54, 1.807) is 24.4 Å². The Morgan fingerprint density at radius 2 is 2.04 bits per heavy atom. The predicted octanol–water partition coefficient (Wildman–Crippen LogP) is 3.08. The minimum Gasteiger partial charge on any atom is -0.325 e. The minimum absolute atomic E-state index is 0.143. The van der Waals surface area contributed by atoms with Gasteiger partial charge in [0.05, 0.1) is 16.8 Å². The van der Waals surface area contributed by atoms with Crippen LogP contribution in [-0.4, -0.2) is 31.2 Å². The van der Waals surface area contributed by atoms with Gasteiger partial charge in [-0.05, 0) is 42.8 Å². The second-order valence-corrected chi connectivity index (χ2v) is 7.04. The molecule has 0 bridgehead atoms. The summed E-state index contributed by atoms with van der Waals surface area (Å²) >= 11 is 1.37. The molecule has 0 aliphatic carbocycles. The third kappa shape index (κ3) is 3.80. The van der Waals surface area contributed by atoms with E-state index in [-0.39, 0.29) is 17.3 Å². The number of imidazole rings is 2. The van der Waals surface area contributed by atoms with Crippen molar-refractivity contribution in [3.05, 3.63) is 70.9 Å². The second kappa shape index (κ2) is 7.16. The number of aryl methyl sites for hydroxylation is 1. The first kappa shape index (κ1) is 17.2. The van der Waals surface area contributed by atoms with Crippen LogP contribution in [0.15, 0.2) is 64.8 Å². The summed E-state index contributed by atoms with van der Waals surface area (Å²) in [5.41, 5.74) is 3.88. The number of hydrogen-bond acceptors (Lipinski definition) is 4. The van der Waals surface area contributed by atoms with Gasteiger partial charge in [0.25, 0.3) is 0 Å². The van der Waals surface area contributed by atoms with E-state index in [1.165, 1.54) is 11.8 Å². The largest absolute Gasteiger partial charge is 0.325 e. The summed E-state index contributed by atoms with van der Waals surface area (Å²) in [6.07, 6.45) is 3.60. The molecule has 2 heterocycles. The highest BCUT2D eigenvalue weighted by Crippen LogP contribution is 2.22. The number of aromatic nitrogens is 4. The highest BCUT2D eigenvalue weighted by atomic mass is 32.2. The number of nitrogens with zero attached hydrogens (tertiary/aromatic N) is 2. The average Bonchev–Trinajstić information content (AvgIpc) is 3.25. The monoisotopic (exact) mass is 379 g/mol. The molecule has 8 heteroatoms. The molecule has 0 aliphatic rings. The summed E-state index contributed by atoms with van der Waals surface area (Å²) in [6.45, 7) is 2.04. The number of fused-ring (bicyclic) bond motifs is 1. The van der Waals surface area contributed by atoms with Crippen LogP contribution in [0.25, 0.3) is 16.7 Å². The number of hydrogen-bond donors (Lipinski definition) is 3. The second-order valence-electron chi connectivity index (χ2n) is 6.10. The molecule has 2 aromatic carbocycles. The van der Waals surface area contributed by atoms with Crippen molar-refractivity contribution in [2.24, 2.45) is 0 Å². The fraction of sp³-hybridized carbons (Fsp3) is 0.105. The van der Waals surface area contributed by atoms with Crippen molar-refractivity contribution in [2.45, 2.75) is 12.1 Å². The molecule has 0 radical (unpaired) electrons. The first-order valence-electron chi connectivity index (χ1n) is 8.33. The van der Waals surface area contributed by atoms with E-state index in [2.05, 4.69) is 26.3 Å². The van der Waals surface area contributed by atoms with Crippen LogP contribution in [0.2, 0.25) is 0 Å². The topological polar surface area (TPSA) is 95.6 Å². The van der Waals surface area contributed by atoms with E-state index in [1.807, 2.05) is 35.9 Å². The number of carbonyl (C=O) groups is 1. The maximum Gasteiger partial charge on any atom is 0.323 e. The number of amides is 1. The Bertz CT molecular complexity index is 1170. The van der Waals surface area contributed by atoms with Gasteiger partial charge in [-0.25, -0.2) is 9.78 Å². The molecule has 1 amide bonds. The van der Waals surface area contributed by atoms with Crippen LogP contribution in [0.5, 0.6) is 0 Å². The number of nitrogens with one attached hydrogen (secondary N) is 3. The lowest BCUT2D eigenvalue weighted by atomic mass is 10.2. The Morgan fingerprint density at radius 1 is 1.19 bits per heavy atom. The van der Waals surface area contributed by atoms with Crippen LogP contribution < -0.4 is 11.0 Å². The van der Waals surface area contributed by atoms with Crippen LogP contribution >= 0.6 is 11.8 Å². The number of aromatic amines is 2. The van der Waals surface area contributed by atoms with Gasteiger partial charge in [-0.3, -0.25) is 9.36 Å². The highest BCUT2D eigenvalue weighted by molar-refractivity contribution is 7.99. The number of carbonyl (C=O) groups excluding carboxylic acids is 1. The molecule has 0 saturated heterocycles. The van der Waals surface area contributed by atoms with E-state index in [0.717, 1.165) is 16.4 Å². The molecule has 3 N–H and O–H groups in total. The Hall–Kier alpha value is -3.26. The van der Waals surface area contributed by atoms with Gasteiger partial charge in [0.1, 0.15) is 0 Å². The SMILES string of the molecule is Cc1cccc(-n2ccnc2SCC(=O)Nc2ccc3[nH]c(=O)[nH]c3c2)c1. The molecule has 0 aliphatic heterocycles. The minimum atomic E-state index is -0.271. The number of thioether (sulfide) groups is 1. The van der Waals surface area contributed by atoms with Gasteiger partial charge in [-0.1, -0.05) is 23.9 Å². The quantitative estimate of drug-likeness (QED) is 0.464. The lowest BCUT2D eigenvalue weighted by Crippen LogP contribution is -2.14. The van der Waals surface area contributed by atoms with Crippen molar-refractivity contribution in [3.63, 3.8) is 0 Å². The van der Waals surface area contributed by atoms with Gasteiger partial charge in [-0.15, -0.1) is 0 Å². The Kier molecular flexibility index (Phi) is 4.55. The first-order chi connectivity index (χ1) is 13.1. The molecule has 0 atom stereocenters. The first-order valence-corrected chi connectivity index (χ1v) is 9.32. The van der Waals surface area contributed by atoms with Gasteiger partial charge in [0.15, 0.2) is 5.16 Å². The van der Waals surface area contributed by atoms with E-state index in [9.17, 15) is 9.59 Å². The van der Waals surface area contributed by atoms with Gasteiger partial charge in [0, 0.05) is 23.8 Å². The summed E-state index contributed by atoms with van der Waals surface area (Å²) in [5.74, 6) is 0.0841. The average molecular weight is 379 g/mol. The molecule has 0 fully saturated rings. The molecule has 7 nitrogen and oxygen atoms in total. The molecule has 136 valence electrons. The number of anilines is 1. The summed E-state index contributed by atoms with van der Waals surface area (Å²) < 4.78 is 1.96. The highest BCUT2D eigenvalue weighted by Gasteiger charge is 2.10. The van der Waals surface area contributed by atoms with Gasteiger partial charge in [0.2, 0.25) is 5.91 Å². The fourth-order valence-corrected chi connectivity index (χ4v) is 3.58. The van der Waals surface area contributed by atoms with Crippen molar-refractivity contribution in [1.82, 2.24) is 19.5 Å². The van der Waals surface area contributed by atoms with Gasteiger partial charge >= 0.3 is 5.69 Å². The molecule has 27 heavy (non-hydrogen) atoms. The third-order valence-electron chi connectivity index (χ3n) is 4.02. The summed E-state index contributed by atoms with van der Waals surface area (Å²) in [6, 6.07) is 13.3. The smallest absolute Gasteiger partial charge is 0.323 e. The van der Waals surface area contributed by atoms with Crippen molar-refractivity contribution in [3.8, 4) is 5.69 Å². The van der Waals surface area contributed by atoms with Crippen LogP contribution in [0.4, 0.5) is 5.69 Å². The maximum atomic E-state index is 12.3. The summed E-state index contributed by atoms with van der Waals surface area (Å²) in [5, 5.41) is 3.59. The molecule has 0 unspecified atom stereocenters. The Morgan fingerprint density at radius 3 is 2.89 bits per heavy atom. The zero-order valence-electron chi connectivity index (χ0n) is 14.5. The molecule has 4 rings (SSSR count). The third-order valence-corrected chi connectivity index (χ3v) is 4.99. The standard InChI is InChI=1S/C19H17N5O2S/c1-12-3-2-4-14(9-12)24-8-7-20-19(24)27-11-17(25)21-13-5-6-15-16(10-13)23-18(26)22-15/h2-10H,11H2,1H3,(H,21,25)(H2,22,23,26). The van der Waals surface area contributed by atoms with Crippen LogP contribution in [0.1, 0.15) is 5.56 Å². The molecular weight excluding hydrogens is 362 g/mol. The van der Waals surface area contributed by atoms with E-state index in [0.29, 0.717) is 16.7 Å². The number of benzene rings is 2. The molecule has 4 aromatic rings. The van der Waals surface area contributed by atoms with Gasteiger partial charge in [-0.2, -0.15) is 0 Å². The van der Waals surface area contributed by atoms with Crippen LogP contribution in [0.3, 0.4) is 0 Å². The van der Waals surface area contributed by atoms with E-state index < -0.39 is 0 Å². The van der Waals surface area contributed by atoms with Crippen molar-refractivity contribution in [1.29, 1.82) is 0 Å². The molecular formula is C19H17N5O2S. The zero-order chi connectivity index (χ0) is 18.8. The summed E-state index contributed by atoms with van der Waals surface area (Å²) in [4.78, 5) is 33.3. The lowest BCUT2D eigenvalue weighted by Gasteiger charge is -2.09. The van der Waals surface area contributed by atoms with E-state index in [4.69, 9.17) is 0 Å². The summed E-state index contributed by atoms with van der Waals surface area (Å²) in [7, 11) is 0. The normalized spacial score (nSPS) is 11.0. The lowest BCUT2D eigenvalue weighted by molar-refractivity contribution is -0.113. The van der Waals surface area contributed by atoms with Crippen molar-refractivity contribution < 1.29 is 4.79 Å². The fourth-order valence-electron chi connectivity index (χ4n) is 2.81. The van der Waals surface area contributed by atoms with Crippen LogP contribution in [0, 0.1) is 6.92 Å².